The van der Waals surface area contributed by atoms with Gasteiger partial charge in [0.25, 0.3) is 0 Å². The number of aryl methyl sites for hydroxylation is 1. The Labute approximate surface area is 125 Å². The zero-order valence-electron chi connectivity index (χ0n) is 12.2. The Morgan fingerprint density at radius 2 is 2.00 bits per heavy atom. The molecule has 0 radical (unpaired) electrons. The zero-order valence-corrected chi connectivity index (χ0v) is 13.8. The summed E-state index contributed by atoms with van der Waals surface area (Å²) >= 11 is 1.75. The smallest absolute Gasteiger partial charge is 0.241 e. The molecule has 1 aliphatic rings. The third-order valence-electron chi connectivity index (χ3n) is 4.20. The monoisotopic (exact) mass is 314 g/mol. The van der Waals surface area contributed by atoms with Gasteiger partial charge in [0, 0.05) is 17.0 Å². The summed E-state index contributed by atoms with van der Waals surface area (Å²) in [5.74, 6) is 0. The van der Waals surface area contributed by atoms with Gasteiger partial charge in [0.2, 0.25) is 10.0 Å². The molecule has 0 unspecified atom stereocenters. The van der Waals surface area contributed by atoms with Crippen molar-refractivity contribution in [2.45, 2.75) is 42.8 Å². The molecule has 6 heteroatoms. The lowest BCUT2D eigenvalue weighted by atomic mass is 9.84. The van der Waals surface area contributed by atoms with Gasteiger partial charge in [-0.15, -0.1) is 0 Å². The van der Waals surface area contributed by atoms with Crippen LogP contribution >= 0.6 is 11.8 Å². The van der Waals surface area contributed by atoms with Crippen molar-refractivity contribution in [3.8, 4) is 0 Å². The minimum Gasteiger partial charge on any atom is -0.398 e. The summed E-state index contributed by atoms with van der Waals surface area (Å²) in [6, 6.07) is 3.50. The molecule has 0 saturated heterocycles. The van der Waals surface area contributed by atoms with Gasteiger partial charge in [-0.3, -0.25) is 0 Å². The highest BCUT2D eigenvalue weighted by Crippen LogP contribution is 2.42. The van der Waals surface area contributed by atoms with Crippen LogP contribution in [0, 0.1) is 13.8 Å². The summed E-state index contributed by atoms with van der Waals surface area (Å²) in [5, 5.41) is 0. The summed E-state index contributed by atoms with van der Waals surface area (Å²) < 4.78 is 28.0. The first-order valence-corrected chi connectivity index (χ1v) is 9.43. The number of hydrogen-bond donors (Lipinski definition) is 2. The first kappa shape index (κ1) is 15.7. The fourth-order valence-electron chi connectivity index (χ4n) is 2.58. The molecule has 20 heavy (non-hydrogen) atoms. The summed E-state index contributed by atoms with van der Waals surface area (Å²) in [6.45, 7) is 4.05. The maximum Gasteiger partial charge on any atom is 0.241 e. The van der Waals surface area contributed by atoms with E-state index in [1.54, 1.807) is 37.7 Å². The van der Waals surface area contributed by atoms with E-state index in [1.807, 2.05) is 6.26 Å². The van der Waals surface area contributed by atoms with Crippen molar-refractivity contribution in [1.29, 1.82) is 0 Å². The van der Waals surface area contributed by atoms with Crippen molar-refractivity contribution in [3.63, 3.8) is 0 Å². The van der Waals surface area contributed by atoms with E-state index >= 15 is 0 Å². The first-order valence-electron chi connectivity index (χ1n) is 6.72. The van der Waals surface area contributed by atoms with Crippen molar-refractivity contribution >= 4 is 27.5 Å². The minimum absolute atomic E-state index is 0.0786. The van der Waals surface area contributed by atoms with E-state index in [-0.39, 0.29) is 4.75 Å². The third-order valence-corrected chi connectivity index (χ3v) is 7.30. The Balaban J connectivity index is 2.25. The lowest BCUT2D eigenvalue weighted by molar-refractivity contribution is 0.362. The highest BCUT2D eigenvalue weighted by molar-refractivity contribution is 8.00. The summed E-state index contributed by atoms with van der Waals surface area (Å²) in [5.41, 5.74) is 7.71. The van der Waals surface area contributed by atoms with E-state index in [9.17, 15) is 8.42 Å². The predicted octanol–water partition coefficient (Wildman–Crippen LogP) is 2.45. The number of sulfonamides is 1. The number of nitrogen functional groups attached to an aromatic ring is 1. The Morgan fingerprint density at radius 3 is 2.50 bits per heavy atom. The van der Waals surface area contributed by atoms with Crippen LogP contribution in [0.1, 0.15) is 30.4 Å². The average molecular weight is 314 g/mol. The highest BCUT2D eigenvalue weighted by atomic mass is 32.2. The number of hydrogen-bond acceptors (Lipinski definition) is 4. The van der Waals surface area contributed by atoms with Crippen LogP contribution in [0.25, 0.3) is 0 Å². The number of nitrogens with two attached hydrogens (primary N) is 1. The van der Waals surface area contributed by atoms with Crippen LogP contribution in [0.2, 0.25) is 0 Å². The Bertz CT molecular complexity index is 602. The van der Waals surface area contributed by atoms with Crippen molar-refractivity contribution in [1.82, 2.24) is 4.72 Å². The molecule has 0 atom stereocenters. The van der Waals surface area contributed by atoms with Crippen LogP contribution in [0.4, 0.5) is 5.69 Å². The van der Waals surface area contributed by atoms with E-state index < -0.39 is 10.0 Å². The van der Waals surface area contributed by atoms with Crippen LogP contribution in [-0.2, 0) is 10.0 Å². The van der Waals surface area contributed by atoms with Gasteiger partial charge in [0.1, 0.15) is 0 Å². The van der Waals surface area contributed by atoms with Gasteiger partial charge in [0.15, 0.2) is 0 Å². The molecule has 1 aromatic carbocycles. The molecule has 0 amide bonds. The third kappa shape index (κ3) is 2.82. The molecule has 1 saturated carbocycles. The second-order valence-electron chi connectivity index (χ2n) is 5.49. The Morgan fingerprint density at radius 1 is 1.35 bits per heavy atom. The van der Waals surface area contributed by atoms with E-state index in [1.165, 1.54) is 6.42 Å². The molecule has 0 bridgehead atoms. The summed E-state index contributed by atoms with van der Waals surface area (Å²) in [6.07, 6.45) is 5.38. The highest BCUT2D eigenvalue weighted by Gasteiger charge is 2.37. The van der Waals surface area contributed by atoms with Crippen LogP contribution in [0.15, 0.2) is 17.0 Å². The SMILES string of the molecule is CSC1(CNS(=O)(=O)c2c(C)ccc(N)c2C)CCC1. The van der Waals surface area contributed by atoms with Crippen LogP contribution in [0.5, 0.6) is 0 Å². The molecule has 3 N–H and O–H groups in total. The van der Waals surface area contributed by atoms with Gasteiger partial charge in [0.05, 0.1) is 4.90 Å². The lowest BCUT2D eigenvalue weighted by Crippen LogP contribution is -2.45. The number of rotatable bonds is 5. The fraction of sp³-hybridized carbons (Fsp3) is 0.571. The molecular weight excluding hydrogens is 292 g/mol. The normalized spacial score (nSPS) is 17.8. The molecule has 0 spiro atoms. The fourth-order valence-corrected chi connectivity index (χ4v) is 5.21. The summed E-state index contributed by atoms with van der Waals surface area (Å²) in [4.78, 5) is 0.327. The Hall–Kier alpha value is -0.720. The van der Waals surface area contributed by atoms with Crippen molar-refractivity contribution < 1.29 is 8.42 Å². The van der Waals surface area contributed by atoms with E-state index in [0.717, 1.165) is 18.4 Å². The number of thioether (sulfide) groups is 1. The maximum atomic E-state index is 12.6. The second-order valence-corrected chi connectivity index (χ2v) is 8.47. The molecule has 0 aliphatic heterocycles. The quantitative estimate of drug-likeness (QED) is 0.819. The summed E-state index contributed by atoms with van der Waals surface area (Å²) in [7, 11) is -3.51. The van der Waals surface area contributed by atoms with Crippen LogP contribution in [-0.4, -0.2) is 26.0 Å². The topological polar surface area (TPSA) is 72.2 Å². The van der Waals surface area contributed by atoms with Gasteiger partial charge in [-0.25, -0.2) is 13.1 Å². The zero-order chi connectivity index (χ0) is 15.0. The molecule has 0 aromatic heterocycles. The van der Waals surface area contributed by atoms with Crippen molar-refractivity contribution in [2.24, 2.45) is 0 Å². The number of benzene rings is 1. The van der Waals surface area contributed by atoms with Crippen molar-refractivity contribution in [2.75, 3.05) is 18.5 Å². The van der Waals surface area contributed by atoms with Crippen LogP contribution < -0.4 is 10.5 Å². The minimum atomic E-state index is -3.51. The van der Waals surface area contributed by atoms with Gasteiger partial charge in [-0.2, -0.15) is 11.8 Å². The molecule has 4 nitrogen and oxygen atoms in total. The van der Waals surface area contributed by atoms with Gasteiger partial charge in [-0.05, 0) is 50.1 Å². The molecule has 1 fully saturated rings. The standard InChI is InChI=1S/C14H22N2O2S2/c1-10-5-6-12(15)11(2)13(10)20(17,18)16-9-14(19-3)7-4-8-14/h5-6,16H,4,7-9,15H2,1-3H3. The number of anilines is 1. The van der Waals surface area contributed by atoms with Gasteiger partial charge < -0.3 is 5.73 Å². The second kappa shape index (κ2) is 5.58. The lowest BCUT2D eigenvalue weighted by Gasteiger charge is -2.40. The molecule has 2 rings (SSSR count). The first-order chi connectivity index (χ1) is 9.31. The van der Waals surface area contributed by atoms with Crippen LogP contribution in [0.3, 0.4) is 0 Å². The molecule has 112 valence electrons. The maximum absolute atomic E-state index is 12.6. The van der Waals surface area contributed by atoms with E-state index in [4.69, 9.17) is 5.73 Å². The largest absolute Gasteiger partial charge is 0.398 e. The van der Waals surface area contributed by atoms with Gasteiger partial charge in [-0.1, -0.05) is 12.5 Å². The predicted molar refractivity (Wildman–Crippen MR) is 85.6 cm³/mol. The van der Waals surface area contributed by atoms with Crippen molar-refractivity contribution in [3.05, 3.63) is 23.3 Å². The molecule has 1 aliphatic carbocycles. The average Bonchev–Trinajstić information content (AvgIpc) is 2.33. The number of nitrogens with one attached hydrogen (secondary N) is 1. The molecule has 0 heterocycles. The van der Waals surface area contributed by atoms with Gasteiger partial charge >= 0.3 is 0 Å². The van der Waals surface area contributed by atoms with E-state index in [2.05, 4.69) is 4.72 Å². The molecule has 1 aromatic rings. The molecular formula is C14H22N2O2S2. The van der Waals surface area contributed by atoms with E-state index in [0.29, 0.717) is 22.7 Å². The Kier molecular flexibility index (Phi) is 4.37.